The number of amides is 1. The zero-order valence-corrected chi connectivity index (χ0v) is 20.0. The van der Waals surface area contributed by atoms with Crippen molar-refractivity contribution in [3.8, 4) is 0 Å². The minimum atomic E-state index is -3.84. The molecule has 0 atom stereocenters. The van der Waals surface area contributed by atoms with Gasteiger partial charge in [0.1, 0.15) is 0 Å². The van der Waals surface area contributed by atoms with Gasteiger partial charge in [0, 0.05) is 30.2 Å². The van der Waals surface area contributed by atoms with E-state index in [1.54, 1.807) is 29.3 Å². The number of hydrogen-bond donors (Lipinski definition) is 1. The van der Waals surface area contributed by atoms with Gasteiger partial charge in [0.25, 0.3) is 15.9 Å². The van der Waals surface area contributed by atoms with Crippen LogP contribution in [-0.2, 0) is 14.8 Å². The van der Waals surface area contributed by atoms with E-state index in [0.29, 0.717) is 36.5 Å². The second-order valence-corrected chi connectivity index (χ2v) is 9.87. The number of nitrogens with one attached hydrogen (secondary N) is 1. The summed E-state index contributed by atoms with van der Waals surface area (Å²) in [6.07, 6.45) is 7.56. The van der Waals surface area contributed by atoms with Gasteiger partial charge in [-0.15, -0.1) is 0 Å². The number of pyridine rings is 1. The number of carbonyl (C=O) groups is 1. The Morgan fingerprint density at radius 1 is 1.15 bits per heavy atom. The molecule has 1 aliphatic heterocycles. The number of anilines is 1. The van der Waals surface area contributed by atoms with E-state index < -0.39 is 10.0 Å². The highest BCUT2D eigenvalue weighted by Gasteiger charge is 2.32. The molecule has 0 saturated carbocycles. The van der Waals surface area contributed by atoms with Gasteiger partial charge in [-0.2, -0.15) is 0 Å². The molecule has 0 spiro atoms. The first-order valence-electron chi connectivity index (χ1n) is 11.0. The number of likely N-dealkylation sites (tertiary alicyclic amines) is 1. The second-order valence-electron chi connectivity index (χ2n) is 8.19. The van der Waals surface area contributed by atoms with Crippen molar-refractivity contribution in [2.45, 2.75) is 24.8 Å². The van der Waals surface area contributed by atoms with Crippen LogP contribution in [0.3, 0.4) is 0 Å². The van der Waals surface area contributed by atoms with Gasteiger partial charge in [0.2, 0.25) is 0 Å². The van der Waals surface area contributed by atoms with Crippen molar-refractivity contribution in [1.29, 1.82) is 0 Å². The van der Waals surface area contributed by atoms with E-state index in [2.05, 4.69) is 9.71 Å². The summed E-state index contributed by atoms with van der Waals surface area (Å²) in [6.45, 7) is 5.53. The monoisotopic (exact) mass is 477 g/mol. The average molecular weight is 478 g/mol. The van der Waals surface area contributed by atoms with Crippen LogP contribution in [0.25, 0.3) is 10.9 Å². The number of benzene rings is 2. The molecule has 1 saturated heterocycles. The number of carbonyl (C=O) groups excluding carboxylic acids is 1. The zero-order chi connectivity index (χ0) is 24.1. The summed E-state index contributed by atoms with van der Waals surface area (Å²) in [5.74, 6) is -0.142. The van der Waals surface area contributed by atoms with E-state index >= 15 is 0 Å². The van der Waals surface area contributed by atoms with Crippen molar-refractivity contribution in [3.63, 3.8) is 0 Å². The van der Waals surface area contributed by atoms with Gasteiger partial charge in [0.15, 0.2) is 0 Å². The highest BCUT2D eigenvalue weighted by atomic mass is 32.2. The minimum Gasteiger partial charge on any atom is -0.370 e. The van der Waals surface area contributed by atoms with Gasteiger partial charge in [-0.3, -0.25) is 14.5 Å². The predicted molar refractivity (Wildman–Crippen MR) is 133 cm³/mol. The van der Waals surface area contributed by atoms with Gasteiger partial charge in [0.05, 0.1) is 28.8 Å². The lowest BCUT2D eigenvalue weighted by atomic mass is 10.1. The number of para-hydroxylation sites is 1. The summed E-state index contributed by atoms with van der Waals surface area (Å²) in [4.78, 5) is 18.8. The van der Waals surface area contributed by atoms with Crippen molar-refractivity contribution >= 4 is 32.5 Å². The van der Waals surface area contributed by atoms with Crippen LogP contribution >= 0.6 is 0 Å². The molecule has 0 aliphatic carbocycles. The lowest BCUT2D eigenvalue weighted by Crippen LogP contribution is -2.54. The second kappa shape index (κ2) is 10.2. The smallest absolute Gasteiger partial charge is 0.261 e. The first-order chi connectivity index (χ1) is 16.4. The molecule has 0 unspecified atom stereocenters. The fourth-order valence-electron chi connectivity index (χ4n) is 3.62. The third-order valence-corrected chi connectivity index (χ3v) is 6.93. The molecule has 1 aliphatic rings. The normalized spacial score (nSPS) is 15.0. The van der Waals surface area contributed by atoms with E-state index in [1.165, 1.54) is 24.3 Å². The molecular formula is C26H27N3O4S. The fraction of sp³-hybridized carbons (Fsp3) is 0.231. The molecule has 4 rings (SSSR count). The number of nitrogens with zero attached hydrogens (tertiary/aromatic N) is 2. The first kappa shape index (κ1) is 23.7. The Morgan fingerprint density at radius 2 is 1.88 bits per heavy atom. The molecule has 1 aromatic heterocycles. The number of allylic oxidation sites excluding steroid dienone is 3. The number of sulfonamides is 1. The van der Waals surface area contributed by atoms with Gasteiger partial charge in [-0.1, -0.05) is 36.4 Å². The molecule has 176 valence electrons. The summed E-state index contributed by atoms with van der Waals surface area (Å²) in [5, 5.41) is 0.837. The van der Waals surface area contributed by atoms with Crippen molar-refractivity contribution in [1.82, 2.24) is 9.88 Å². The van der Waals surface area contributed by atoms with Gasteiger partial charge in [-0.05, 0) is 55.8 Å². The quantitative estimate of drug-likeness (QED) is 0.486. The third kappa shape index (κ3) is 5.35. The molecule has 7 nitrogen and oxygen atoms in total. The summed E-state index contributed by atoms with van der Waals surface area (Å²) in [7, 11) is -3.84. The standard InChI is InChI=1S/C26H27N3O4S/c1-3-4-7-19(2)18-33-22-16-29(17-22)26(30)21-11-13-23(14-12-21)34(31,32)28-24-10-5-8-20-9-6-15-27-25(20)24/h3-15,22,28H,16-18H2,1-2H3/b4-3-,19-7+. The summed E-state index contributed by atoms with van der Waals surface area (Å²) in [5.41, 5.74) is 2.53. The predicted octanol–water partition coefficient (Wildman–Crippen LogP) is 4.40. The first-order valence-corrected chi connectivity index (χ1v) is 12.5. The van der Waals surface area contributed by atoms with E-state index in [0.717, 1.165) is 11.0 Å². The zero-order valence-electron chi connectivity index (χ0n) is 19.1. The van der Waals surface area contributed by atoms with E-state index in [4.69, 9.17) is 4.74 Å². The molecule has 3 aromatic rings. The topological polar surface area (TPSA) is 88.6 Å². The fourth-order valence-corrected chi connectivity index (χ4v) is 4.68. The van der Waals surface area contributed by atoms with Crippen molar-refractivity contribution in [2.24, 2.45) is 0 Å². The molecule has 34 heavy (non-hydrogen) atoms. The molecule has 2 aromatic carbocycles. The van der Waals surface area contributed by atoms with Crippen LogP contribution in [0.4, 0.5) is 5.69 Å². The van der Waals surface area contributed by atoms with Gasteiger partial charge in [-0.25, -0.2) is 8.42 Å². The highest BCUT2D eigenvalue weighted by Crippen LogP contribution is 2.24. The Labute approximate surface area is 199 Å². The Bertz CT molecular complexity index is 1340. The minimum absolute atomic E-state index is 0.0102. The molecule has 1 amide bonds. The maximum absolute atomic E-state index is 12.9. The van der Waals surface area contributed by atoms with Crippen molar-refractivity contribution < 1.29 is 17.9 Å². The van der Waals surface area contributed by atoms with E-state index in [9.17, 15) is 13.2 Å². The lowest BCUT2D eigenvalue weighted by molar-refractivity contribution is -0.0343. The van der Waals surface area contributed by atoms with E-state index in [1.807, 2.05) is 44.2 Å². The molecule has 8 heteroatoms. The van der Waals surface area contributed by atoms with Crippen LogP contribution in [0.1, 0.15) is 24.2 Å². The Morgan fingerprint density at radius 3 is 2.62 bits per heavy atom. The highest BCUT2D eigenvalue weighted by molar-refractivity contribution is 7.92. The molecule has 2 heterocycles. The lowest BCUT2D eigenvalue weighted by Gasteiger charge is -2.39. The van der Waals surface area contributed by atoms with Gasteiger partial charge < -0.3 is 9.64 Å². The maximum Gasteiger partial charge on any atom is 0.261 e. The number of ether oxygens (including phenoxy) is 1. The Kier molecular flexibility index (Phi) is 7.09. The number of rotatable bonds is 8. The molecule has 1 fully saturated rings. The maximum atomic E-state index is 12.9. The van der Waals surface area contributed by atoms with E-state index in [-0.39, 0.29) is 16.9 Å². The number of fused-ring (bicyclic) bond motifs is 1. The number of hydrogen-bond acceptors (Lipinski definition) is 5. The van der Waals surface area contributed by atoms with Crippen molar-refractivity contribution in [3.05, 3.63) is 90.2 Å². The van der Waals surface area contributed by atoms with Crippen LogP contribution in [0.2, 0.25) is 0 Å². The molecule has 0 radical (unpaired) electrons. The Balaban J connectivity index is 1.37. The third-order valence-electron chi connectivity index (χ3n) is 5.54. The summed E-state index contributed by atoms with van der Waals surface area (Å²) in [6, 6.07) is 14.9. The largest absolute Gasteiger partial charge is 0.370 e. The summed E-state index contributed by atoms with van der Waals surface area (Å²) >= 11 is 0. The summed E-state index contributed by atoms with van der Waals surface area (Å²) < 4.78 is 34.2. The van der Waals surface area contributed by atoms with Crippen LogP contribution in [0.5, 0.6) is 0 Å². The Hall–Kier alpha value is -3.49. The number of aromatic nitrogens is 1. The van der Waals surface area contributed by atoms with Crippen molar-refractivity contribution in [2.75, 3.05) is 24.4 Å². The molecule has 1 N–H and O–H groups in total. The van der Waals surface area contributed by atoms with Crippen LogP contribution in [-0.4, -0.2) is 50.0 Å². The van der Waals surface area contributed by atoms with Gasteiger partial charge >= 0.3 is 0 Å². The SMILES string of the molecule is C/C=C\C=C(/C)COC1CN(C(=O)c2ccc(S(=O)(=O)Nc3cccc4cccnc34)cc2)C1. The van der Waals surface area contributed by atoms with Crippen LogP contribution in [0.15, 0.2) is 89.5 Å². The molecule has 0 bridgehead atoms. The van der Waals surface area contributed by atoms with Crippen LogP contribution in [0, 0.1) is 0 Å². The average Bonchev–Trinajstić information content (AvgIpc) is 2.81. The molecular weight excluding hydrogens is 450 g/mol. The van der Waals surface area contributed by atoms with Crippen LogP contribution < -0.4 is 4.72 Å².